The van der Waals surface area contributed by atoms with Gasteiger partial charge in [0.05, 0.1) is 17.4 Å². The fourth-order valence-corrected chi connectivity index (χ4v) is 2.56. The molecule has 2 rings (SSSR count). The molecule has 1 atom stereocenters. The summed E-state index contributed by atoms with van der Waals surface area (Å²) < 4.78 is 1.95. The second-order valence-electron chi connectivity index (χ2n) is 6.43. The monoisotopic (exact) mass is 271 g/mol. The molecule has 0 aliphatic carbocycles. The summed E-state index contributed by atoms with van der Waals surface area (Å²) in [5.74, 6) is 0. The van der Waals surface area contributed by atoms with Crippen LogP contribution in [0.15, 0.2) is 30.3 Å². The van der Waals surface area contributed by atoms with Gasteiger partial charge in [-0.05, 0) is 36.6 Å². The molecule has 0 aliphatic rings. The number of aryl methyl sites for hydroxylation is 2. The standard InChI is InChI=1S/C17H25N3/c1-12-11-15(20(6)19-12)16(18-5)13-7-9-14(10-8-13)17(2,3)4/h7-11,16,18H,1-6H3. The molecule has 0 spiro atoms. The molecule has 20 heavy (non-hydrogen) atoms. The van der Waals surface area contributed by atoms with Gasteiger partial charge >= 0.3 is 0 Å². The molecule has 0 saturated carbocycles. The van der Waals surface area contributed by atoms with Gasteiger partial charge < -0.3 is 5.32 Å². The van der Waals surface area contributed by atoms with Crippen molar-refractivity contribution in [2.75, 3.05) is 7.05 Å². The number of benzene rings is 1. The molecule has 1 aromatic carbocycles. The molecule has 0 aliphatic heterocycles. The lowest BCUT2D eigenvalue weighted by Gasteiger charge is -2.21. The molecule has 1 aromatic heterocycles. The number of hydrogen-bond acceptors (Lipinski definition) is 2. The zero-order chi connectivity index (χ0) is 14.9. The van der Waals surface area contributed by atoms with Crippen LogP contribution >= 0.6 is 0 Å². The normalized spacial score (nSPS) is 13.5. The Morgan fingerprint density at radius 3 is 2.15 bits per heavy atom. The van der Waals surface area contributed by atoms with Crippen molar-refractivity contribution in [2.24, 2.45) is 7.05 Å². The SMILES string of the molecule is CNC(c1ccc(C(C)(C)C)cc1)c1cc(C)nn1C. The predicted octanol–water partition coefficient (Wildman–Crippen LogP) is 3.33. The summed E-state index contributed by atoms with van der Waals surface area (Å²) in [6, 6.07) is 11.2. The van der Waals surface area contributed by atoms with E-state index < -0.39 is 0 Å². The van der Waals surface area contributed by atoms with Crippen molar-refractivity contribution in [3.63, 3.8) is 0 Å². The van der Waals surface area contributed by atoms with Gasteiger partial charge in [-0.15, -0.1) is 0 Å². The summed E-state index contributed by atoms with van der Waals surface area (Å²) >= 11 is 0. The van der Waals surface area contributed by atoms with Gasteiger partial charge in [0.1, 0.15) is 0 Å². The molecule has 108 valence electrons. The Labute approximate surface area is 122 Å². The van der Waals surface area contributed by atoms with Crippen LogP contribution in [0, 0.1) is 6.92 Å². The van der Waals surface area contributed by atoms with Gasteiger partial charge in [-0.2, -0.15) is 5.10 Å². The lowest BCUT2D eigenvalue weighted by molar-refractivity contribution is 0.585. The van der Waals surface area contributed by atoms with Crippen LogP contribution in [0.3, 0.4) is 0 Å². The van der Waals surface area contributed by atoms with Crippen LogP contribution in [0.1, 0.15) is 49.3 Å². The highest BCUT2D eigenvalue weighted by molar-refractivity contribution is 5.33. The largest absolute Gasteiger partial charge is 0.308 e. The van der Waals surface area contributed by atoms with Crippen molar-refractivity contribution in [3.8, 4) is 0 Å². The van der Waals surface area contributed by atoms with E-state index in [1.807, 2.05) is 25.7 Å². The van der Waals surface area contributed by atoms with Gasteiger partial charge in [0.25, 0.3) is 0 Å². The first-order valence-electron chi connectivity index (χ1n) is 7.11. The zero-order valence-corrected chi connectivity index (χ0v) is 13.4. The van der Waals surface area contributed by atoms with E-state index in [2.05, 4.69) is 61.5 Å². The second-order valence-corrected chi connectivity index (χ2v) is 6.43. The van der Waals surface area contributed by atoms with Crippen LogP contribution in [-0.4, -0.2) is 16.8 Å². The third kappa shape index (κ3) is 2.93. The minimum atomic E-state index is 0.176. The Hall–Kier alpha value is -1.61. The summed E-state index contributed by atoms with van der Waals surface area (Å²) in [4.78, 5) is 0. The first kappa shape index (κ1) is 14.8. The lowest BCUT2D eigenvalue weighted by Crippen LogP contribution is -2.21. The third-order valence-corrected chi connectivity index (χ3v) is 3.73. The molecule has 0 fully saturated rings. The Morgan fingerprint density at radius 1 is 1.15 bits per heavy atom. The quantitative estimate of drug-likeness (QED) is 0.928. The van der Waals surface area contributed by atoms with Gasteiger partial charge in [0, 0.05) is 7.05 Å². The van der Waals surface area contributed by atoms with Crippen molar-refractivity contribution in [1.82, 2.24) is 15.1 Å². The summed E-state index contributed by atoms with van der Waals surface area (Å²) in [6.07, 6.45) is 0. The molecule has 1 unspecified atom stereocenters. The third-order valence-electron chi connectivity index (χ3n) is 3.73. The zero-order valence-electron chi connectivity index (χ0n) is 13.4. The van der Waals surface area contributed by atoms with E-state index in [0.717, 1.165) is 5.69 Å². The minimum Gasteiger partial charge on any atom is -0.308 e. The molecule has 0 radical (unpaired) electrons. The van der Waals surface area contributed by atoms with E-state index in [9.17, 15) is 0 Å². The second kappa shape index (κ2) is 5.41. The number of nitrogens with zero attached hydrogens (tertiary/aromatic N) is 2. The smallest absolute Gasteiger partial charge is 0.0745 e. The maximum absolute atomic E-state index is 4.44. The van der Waals surface area contributed by atoms with Crippen LogP contribution < -0.4 is 5.32 Å². The molecule has 0 bridgehead atoms. The average Bonchev–Trinajstić information content (AvgIpc) is 2.69. The van der Waals surface area contributed by atoms with Crippen molar-refractivity contribution < 1.29 is 0 Å². The van der Waals surface area contributed by atoms with Crippen LogP contribution in [0.25, 0.3) is 0 Å². The van der Waals surface area contributed by atoms with E-state index in [-0.39, 0.29) is 11.5 Å². The Morgan fingerprint density at radius 2 is 1.75 bits per heavy atom. The van der Waals surface area contributed by atoms with Crippen molar-refractivity contribution >= 4 is 0 Å². The molecular weight excluding hydrogens is 246 g/mol. The van der Waals surface area contributed by atoms with Gasteiger partial charge in [-0.3, -0.25) is 4.68 Å². The molecule has 3 nitrogen and oxygen atoms in total. The summed E-state index contributed by atoms with van der Waals surface area (Å²) in [7, 11) is 3.99. The summed E-state index contributed by atoms with van der Waals surface area (Å²) in [5, 5.41) is 7.83. The van der Waals surface area contributed by atoms with Crippen LogP contribution in [0.2, 0.25) is 0 Å². The summed E-state index contributed by atoms with van der Waals surface area (Å²) in [6.45, 7) is 8.74. The Balaban J connectivity index is 2.35. The summed E-state index contributed by atoms with van der Waals surface area (Å²) in [5.41, 5.74) is 5.06. The first-order valence-corrected chi connectivity index (χ1v) is 7.11. The lowest BCUT2D eigenvalue weighted by atomic mass is 9.86. The fourth-order valence-electron chi connectivity index (χ4n) is 2.56. The van der Waals surface area contributed by atoms with E-state index >= 15 is 0 Å². The van der Waals surface area contributed by atoms with Crippen LogP contribution in [0.4, 0.5) is 0 Å². The van der Waals surface area contributed by atoms with Crippen molar-refractivity contribution in [1.29, 1.82) is 0 Å². The fraction of sp³-hybridized carbons (Fsp3) is 0.471. The highest BCUT2D eigenvalue weighted by Crippen LogP contribution is 2.26. The molecule has 1 N–H and O–H groups in total. The van der Waals surface area contributed by atoms with Crippen LogP contribution in [0.5, 0.6) is 0 Å². The number of hydrogen-bond donors (Lipinski definition) is 1. The molecule has 0 saturated heterocycles. The van der Waals surface area contributed by atoms with Crippen molar-refractivity contribution in [2.45, 2.75) is 39.2 Å². The average molecular weight is 271 g/mol. The van der Waals surface area contributed by atoms with Gasteiger partial charge in [-0.1, -0.05) is 45.0 Å². The van der Waals surface area contributed by atoms with E-state index in [4.69, 9.17) is 0 Å². The molecule has 3 heteroatoms. The minimum absolute atomic E-state index is 0.176. The maximum atomic E-state index is 4.44. The highest BCUT2D eigenvalue weighted by Gasteiger charge is 2.18. The number of aromatic nitrogens is 2. The van der Waals surface area contributed by atoms with Gasteiger partial charge in [-0.25, -0.2) is 0 Å². The van der Waals surface area contributed by atoms with E-state index in [1.165, 1.54) is 16.8 Å². The van der Waals surface area contributed by atoms with Crippen LogP contribution in [-0.2, 0) is 12.5 Å². The van der Waals surface area contributed by atoms with E-state index in [1.54, 1.807) is 0 Å². The van der Waals surface area contributed by atoms with Gasteiger partial charge in [0.15, 0.2) is 0 Å². The first-order chi connectivity index (χ1) is 9.32. The molecule has 0 amide bonds. The topological polar surface area (TPSA) is 29.9 Å². The molecule has 2 aromatic rings. The Bertz CT molecular complexity index is 573. The number of nitrogens with one attached hydrogen (secondary N) is 1. The Kier molecular flexibility index (Phi) is 4.00. The predicted molar refractivity (Wildman–Crippen MR) is 84.0 cm³/mol. The molecule has 1 heterocycles. The van der Waals surface area contributed by atoms with Crippen molar-refractivity contribution in [3.05, 3.63) is 52.8 Å². The van der Waals surface area contributed by atoms with Gasteiger partial charge in [0.2, 0.25) is 0 Å². The maximum Gasteiger partial charge on any atom is 0.0745 e. The van der Waals surface area contributed by atoms with E-state index in [0.29, 0.717) is 0 Å². The molecular formula is C17H25N3. The number of rotatable bonds is 3. The highest BCUT2D eigenvalue weighted by atomic mass is 15.3.